The average molecular weight is 1880 g/mol. The summed E-state index contributed by atoms with van der Waals surface area (Å²) in [5, 5.41) is 4.69. The maximum Gasteiger partial charge on any atom is 0.261 e. The molecule has 0 aromatic heterocycles. The number of methoxy groups -OCH3 is 2. The summed E-state index contributed by atoms with van der Waals surface area (Å²) in [5.74, 6) is -2.55. The van der Waals surface area contributed by atoms with E-state index in [1.54, 1.807) is 14.2 Å². The van der Waals surface area contributed by atoms with Gasteiger partial charge in [0.1, 0.15) is 84.2 Å². The molecule has 12 aliphatic rings. The second-order valence-electron chi connectivity index (χ2n) is 31.1. The minimum atomic E-state index is -2.79. The largest absolute Gasteiger partial charge is 0.399 e. The van der Waals surface area contributed by atoms with Gasteiger partial charge in [0, 0.05) is 39.9 Å². The van der Waals surface area contributed by atoms with E-state index in [9.17, 15) is 0 Å². The number of halogens is 8. The van der Waals surface area contributed by atoms with Gasteiger partial charge in [0.15, 0.2) is 48.3 Å². The number of hydrogen-bond donors (Lipinski definition) is 0. The third kappa shape index (κ3) is 12.6. The Morgan fingerprint density at radius 1 is 0.333 bits per heavy atom. The second-order valence-corrected chi connectivity index (χ2v) is 54.7. The molecule has 0 radical (unpaired) electrons. The van der Waals surface area contributed by atoms with Gasteiger partial charge >= 0.3 is 0 Å². The summed E-state index contributed by atoms with van der Waals surface area (Å²) in [7, 11) is -2.32. The van der Waals surface area contributed by atoms with Crippen molar-refractivity contribution in [3.8, 4) is 0 Å². The molecule has 16 rings (SSSR count). The molecule has 6 unspecified atom stereocenters. The summed E-state index contributed by atoms with van der Waals surface area (Å²) in [4.78, 5) is 0. The van der Waals surface area contributed by atoms with Crippen molar-refractivity contribution in [3.05, 3.63) is 121 Å². The lowest BCUT2D eigenvalue weighted by atomic mass is 10.1. The first kappa shape index (κ1) is 74.8. The lowest BCUT2D eigenvalue weighted by molar-refractivity contribution is -0.232. The monoisotopic (exact) mass is 1870 g/mol. The van der Waals surface area contributed by atoms with Crippen LogP contribution in [0.5, 0.6) is 0 Å². The van der Waals surface area contributed by atoms with Gasteiger partial charge in [-0.2, -0.15) is 0 Å². The lowest BCUT2D eigenvalue weighted by Crippen LogP contribution is -2.69. The minimum absolute atomic E-state index is 0.0915. The summed E-state index contributed by atoms with van der Waals surface area (Å²) in [6, 6.07) is 42.8. The van der Waals surface area contributed by atoms with E-state index in [0.717, 1.165) is 25.7 Å². The van der Waals surface area contributed by atoms with E-state index in [-0.39, 0.29) is 95.6 Å². The number of fused-ring (bicyclic) bond motifs is 6. The molecule has 0 bridgehead atoms. The van der Waals surface area contributed by atoms with Crippen molar-refractivity contribution < 1.29 is 75.2 Å². The van der Waals surface area contributed by atoms with Crippen molar-refractivity contribution in [2.24, 2.45) is 0 Å². The Balaban J connectivity index is 0.000000121. The van der Waals surface area contributed by atoms with Gasteiger partial charge in [0.25, 0.3) is 16.6 Å². The molecule has 16 atom stereocenters. The highest BCUT2D eigenvalue weighted by Gasteiger charge is 2.84. The fourth-order valence-corrected chi connectivity index (χ4v) is 31.2. The van der Waals surface area contributed by atoms with E-state index in [4.69, 9.17) is 75.2 Å². The predicted octanol–water partition coefficient (Wildman–Crippen LogP) is 14.4. The van der Waals surface area contributed by atoms with Crippen molar-refractivity contribution in [2.45, 2.75) is 265 Å². The molecule has 0 N–H and O–H groups in total. The molecule has 96 heavy (non-hydrogen) atoms. The molecule has 4 aromatic carbocycles. The molecule has 4 saturated carbocycles. The molecule has 12 fully saturated rings. The van der Waals surface area contributed by atoms with E-state index in [0.29, 0.717) is 0 Å². The van der Waals surface area contributed by atoms with Crippen molar-refractivity contribution in [2.75, 3.05) is 14.2 Å². The number of hydrogen-bond acceptors (Lipinski definition) is 16. The zero-order valence-corrected chi connectivity index (χ0v) is 71.5. The van der Waals surface area contributed by atoms with Crippen LogP contribution < -0.4 is 20.7 Å². The highest BCUT2D eigenvalue weighted by Crippen LogP contribution is 2.73. The van der Waals surface area contributed by atoms with Crippen LogP contribution in [0.1, 0.15) is 123 Å². The van der Waals surface area contributed by atoms with Gasteiger partial charge in [0.05, 0.1) is 0 Å². The van der Waals surface area contributed by atoms with E-state index in [1.165, 1.54) is 20.7 Å². The lowest BCUT2D eigenvalue weighted by Gasteiger charge is -2.46. The molecule has 16 nitrogen and oxygen atoms in total. The van der Waals surface area contributed by atoms with Crippen LogP contribution in [0.15, 0.2) is 121 Å². The van der Waals surface area contributed by atoms with Gasteiger partial charge < -0.3 is 75.2 Å². The third-order valence-electron chi connectivity index (χ3n) is 20.5. The Kier molecular flexibility index (Phi) is 19.5. The molecule has 4 aromatic rings. The minimum Gasteiger partial charge on any atom is -0.399 e. The molecule has 8 saturated heterocycles. The third-order valence-corrected chi connectivity index (χ3v) is 38.2. The maximum absolute atomic E-state index is 7.51. The van der Waals surface area contributed by atoms with Crippen LogP contribution in [0.4, 0.5) is 0 Å². The van der Waals surface area contributed by atoms with E-state index < -0.39 is 63.6 Å². The number of ether oxygens (including phenoxy) is 14. The van der Waals surface area contributed by atoms with Crippen LogP contribution in [0.3, 0.4) is 0 Å². The first-order valence-corrected chi connectivity index (χ1v) is 42.9. The Morgan fingerprint density at radius 3 is 0.802 bits per heavy atom. The highest BCUT2D eigenvalue weighted by atomic mass is 79.9. The Bertz CT molecular complexity index is 3190. The zero-order valence-electron chi connectivity index (χ0n) is 56.9. The molecule has 8 aliphatic heterocycles. The highest BCUT2D eigenvalue weighted by molar-refractivity contribution is 9.26. The summed E-state index contributed by atoms with van der Waals surface area (Å²) in [6.45, 7) is 29.1. The van der Waals surface area contributed by atoms with Gasteiger partial charge in [-0.25, -0.2) is 0 Å². The molecular formula is C70H88Br8O16Si2. The van der Waals surface area contributed by atoms with Gasteiger partial charge in [-0.3, -0.25) is 0 Å². The van der Waals surface area contributed by atoms with Gasteiger partial charge in [0.2, 0.25) is 0 Å². The molecule has 0 amide bonds. The topological polar surface area (TPSA) is 148 Å². The standard InChI is InChI=1S/2C25H30Br2O4Si.2C10H14Br2O4/c2*1-22(2,3)32(17-12-8-6-9-13-17,18-14-10-7-11-15-18)31-20-19-21(29-23(4,5)28-19)30-24(20)16-25(24,26)27;2*1-8(2)14-5-6(15-8)9(4-10(9,11)12)16-7(5)13-3/h2*6-15,19-21H,16H2,1-5H3;2*5-7H,4H2,1-3H3/t2*19?,20-,21-,24?;5?,6-,7-,9+;5?,6-,7-,9-/m0011/s1. The van der Waals surface area contributed by atoms with E-state index >= 15 is 0 Å². The predicted molar refractivity (Wildman–Crippen MR) is 398 cm³/mol. The quantitative estimate of drug-likeness (QED) is 0.109. The van der Waals surface area contributed by atoms with Crippen LogP contribution in [0.25, 0.3) is 0 Å². The van der Waals surface area contributed by atoms with Crippen molar-refractivity contribution in [1.29, 1.82) is 0 Å². The Labute approximate surface area is 634 Å². The van der Waals surface area contributed by atoms with Crippen LogP contribution in [0.2, 0.25) is 10.1 Å². The summed E-state index contributed by atoms with van der Waals surface area (Å²) < 4.78 is 98.0. The smallest absolute Gasteiger partial charge is 0.261 e. The van der Waals surface area contributed by atoms with Crippen molar-refractivity contribution in [1.82, 2.24) is 0 Å². The summed E-state index contributed by atoms with van der Waals surface area (Å²) in [6.07, 6.45) is -0.0485. The number of rotatable bonds is 10. The second kappa shape index (κ2) is 25.1. The summed E-state index contributed by atoms with van der Waals surface area (Å²) >= 11 is 29.7. The van der Waals surface area contributed by atoms with E-state index in [2.05, 4.69) is 290 Å². The average Bonchev–Trinajstić information content (AvgIpc) is 1.57. The van der Waals surface area contributed by atoms with Crippen LogP contribution in [0, 0.1) is 0 Å². The molecule has 4 spiro atoms. The van der Waals surface area contributed by atoms with Gasteiger partial charge in [-0.15, -0.1) is 0 Å². The fourth-order valence-electron chi connectivity index (χ4n) is 15.9. The van der Waals surface area contributed by atoms with Crippen molar-refractivity contribution in [3.63, 3.8) is 0 Å². The van der Waals surface area contributed by atoms with Gasteiger partial charge in [-0.05, 0) is 86.2 Å². The Hall–Kier alpha value is 0.514. The molecule has 8 heterocycles. The fraction of sp³-hybridized carbons (Fsp3) is 0.657. The summed E-state index contributed by atoms with van der Waals surface area (Å²) in [5.41, 5.74) is -1.84. The molecular weight excluding hydrogens is 1790 g/mol. The molecule has 528 valence electrons. The SMILES string of the molecule is CC1(C)OC2[C@@H](O1)OC1(CC1(Br)Br)[C@H]2O[Si](c1ccccc1)(c1ccccc1)C(C)(C)C.CC1(C)OC2[C@@H](O1)OC1(CC1(Br)Br)[C@H]2O[Si](c1ccccc1)(c1ccccc1)C(C)(C)C.CO[C@@H]1O[C@@]2(CC2(Br)Br)[C@@H]2OC(C)(C)OC12.CO[C@@H]1O[C@]2(CC2(Br)Br)[C@@H]2OC(C)(C)OC12. The number of alkyl halides is 8. The van der Waals surface area contributed by atoms with Crippen LogP contribution in [-0.4, -0.2) is 163 Å². The number of benzene rings is 4. The first-order valence-electron chi connectivity index (χ1n) is 32.7. The van der Waals surface area contributed by atoms with Crippen LogP contribution >= 0.6 is 127 Å². The van der Waals surface area contributed by atoms with Crippen molar-refractivity contribution >= 4 is 165 Å². The van der Waals surface area contributed by atoms with Crippen LogP contribution in [-0.2, 0) is 75.2 Å². The van der Waals surface area contributed by atoms with Gasteiger partial charge in [-0.1, -0.05) is 290 Å². The Morgan fingerprint density at radius 2 is 0.573 bits per heavy atom. The zero-order chi connectivity index (χ0) is 69.5. The molecule has 4 aliphatic carbocycles. The van der Waals surface area contributed by atoms with E-state index in [1.807, 2.05) is 55.4 Å². The normalized spacial score (nSPS) is 39.2. The molecule has 26 heteroatoms. The maximum atomic E-state index is 7.51. The first-order chi connectivity index (χ1) is 44.5.